The number of aryl methyl sites for hydroxylation is 1. The van der Waals surface area contributed by atoms with Gasteiger partial charge in [0, 0.05) is 17.8 Å². The Labute approximate surface area is 115 Å². The van der Waals surface area contributed by atoms with Gasteiger partial charge >= 0.3 is 0 Å². The first-order valence-electron chi connectivity index (χ1n) is 7.41. The van der Waals surface area contributed by atoms with Gasteiger partial charge in [-0.05, 0) is 38.0 Å². The molecule has 0 saturated heterocycles. The molecule has 1 aromatic rings. The summed E-state index contributed by atoms with van der Waals surface area (Å²) in [5.41, 5.74) is 2.45. The third-order valence-electron chi connectivity index (χ3n) is 3.62. The molecule has 1 aliphatic carbocycles. The van der Waals surface area contributed by atoms with Crippen molar-refractivity contribution in [1.29, 1.82) is 0 Å². The van der Waals surface area contributed by atoms with E-state index in [-0.39, 0.29) is 6.10 Å². The van der Waals surface area contributed by atoms with E-state index in [1.165, 1.54) is 30.5 Å². The van der Waals surface area contributed by atoms with Crippen LogP contribution in [0.25, 0.3) is 0 Å². The minimum Gasteiger partial charge on any atom is -0.391 e. The molecule has 1 atom stereocenters. The maximum absolute atomic E-state index is 9.93. The summed E-state index contributed by atoms with van der Waals surface area (Å²) in [4.78, 5) is 8.75. The van der Waals surface area contributed by atoms with E-state index in [0.717, 1.165) is 25.1 Å². The van der Waals surface area contributed by atoms with Crippen molar-refractivity contribution in [1.82, 2.24) is 9.97 Å². The normalized spacial score (nSPS) is 16.8. The van der Waals surface area contributed by atoms with Crippen molar-refractivity contribution < 1.29 is 5.11 Å². The van der Waals surface area contributed by atoms with Crippen LogP contribution in [-0.4, -0.2) is 27.7 Å². The Hall–Kier alpha value is -1.16. The first-order valence-corrected chi connectivity index (χ1v) is 7.41. The lowest BCUT2D eigenvalue weighted by Crippen LogP contribution is -2.22. The van der Waals surface area contributed by atoms with Crippen LogP contribution in [0.4, 0.5) is 5.82 Å². The summed E-state index contributed by atoms with van der Waals surface area (Å²) in [5, 5.41) is 13.2. The Balaban J connectivity index is 2.00. The number of hydrogen-bond acceptors (Lipinski definition) is 4. The molecule has 0 bridgehead atoms. The highest BCUT2D eigenvalue weighted by molar-refractivity contribution is 5.46. The smallest absolute Gasteiger partial charge is 0.132 e. The molecule has 0 saturated carbocycles. The van der Waals surface area contributed by atoms with E-state index >= 15 is 0 Å². The van der Waals surface area contributed by atoms with Gasteiger partial charge in [-0.3, -0.25) is 0 Å². The van der Waals surface area contributed by atoms with Crippen molar-refractivity contribution in [3.63, 3.8) is 0 Å². The molecule has 4 nitrogen and oxygen atoms in total. The minimum atomic E-state index is -0.309. The topological polar surface area (TPSA) is 58.0 Å². The third kappa shape index (κ3) is 4.16. The zero-order valence-electron chi connectivity index (χ0n) is 12.0. The second kappa shape index (κ2) is 6.85. The van der Waals surface area contributed by atoms with Crippen molar-refractivity contribution in [3.8, 4) is 0 Å². The highest BCUT2D eigenvalue weighted by Gasteiger charge is 2.15. The predicted octanol–water partition coefficient (Wildman–Crippen LogP) is 2.56. The van der Waals surface area contributed by atoms with E-state index in [9.17, 15) is 5.11 Å². The van der Waals surface area contributed by atoms with E-state index in [4.69, 9.17) is 0 Å². The van der Waals surface area contributed by atoms with Crippen LogP contribution in [0.15, 0.2) is 6.33 Å². The Morgan fingerprint density at radius 2 is 2.00 bits per heavy atom. The number of hydrogen-bond donors (Lipinski definition) is 2. The van der Waals surface area contributed by atoms with Gasteiger partial charge in [0.1, 0.15) is 12.1 Å². The quantitative estimate of drug-likeness (QED) is 0.802. The molecule has 2 N–H and O–H groups in total. The SMILES string of the molecule is CC(C)CC(O)CNc1ncnc2c1CCCCC2. The number of nitrogens with one attached hydrogen (secondary N) is 1. The first-order chi connectivity index (χ1) is 9.16. The Morgan fingerprint density at radius 3 is 2.79 bits per heavy atom. The maximum Gasteiger partial charge on any atom is 0.132 e. The summed E-state index contributed by atoms with van der Waals surface area (Å²) in [6, 6.07) is 0. The number of aliphatic hydroxyl groups is 1. The number of fused-ring (bicyclic) bond motifs is 1. The fourth-order valence-electron chi connectivity index (χ4n) is 2.69. The summed E-state index contributed by atoms with van der Waals surface area (Å²) >= 11 is 0. The summed E-state index contributed by atoms with van der Waals surface area (Å²) in [6.07, 6.45) is 7.97. The second-order valence-electron chi connectivity index (χ2n) is 5.87. The van der Waals surface area contributed by atoms with Gasteiger partial charge < -0.3 is 10.4 Å². The van der Waals surface area contributed by atoms with Gasteiger partial charge in [-0.15, -0.1) is 0 Å². The third-order valence-corrected chi connectivity index (χ3v) is 3.62. The minimum absolute atomic E-state index is 0.309. The number of rotatable bonds is 5. The number of anilines is 1. The van der Waals surface area contributed by atoms with Crippen LogP contribution in [0.1, 0.15) is 50.8 Å². The number of nitrogens with zero attached hydrogens (tertiary/aromatic N) is 2. The van der Waals surface area contributed by atoms with Gasteiger partial charge in [-0.1, -0.05) is 20.3 Å². The van der Waals surface area contributed by atoms with Crippen LogP contribution < -0.4 is 5.32 Å². The summed E-state index contributed by atoms with van der Waals surface area (Å²) < 4.78 is 0. The molecular formula is C15H25N3O. The lowest BCUT2D eigenvalue weighted by Gasteiger charge is -2.16. The largest absolute Gasteiger partial charge is 0.391 e. The van der Waals surface area contributed by atoms with E-state index < -0.39 is 0 Å². The standard InChI is InChI=1S/C15H25N3O/c1-11(2)8-12(19)9-16-15-13-6-4-3-5-7-14(13)17-10-18-15/h10-12,19H,3-9H2,1-2H3,(H,16,17,18). The van der Waals surface area contributed by atoms with Crippen LogP contribution in [0.2, 0.25) is 0 Å². The average Bonchev–Trinajstić information content (AvgIpc) is 2.60. The molecule has 2 rings (SSSR count). The fraction of sp³-hybridized carbons (Fsp3) is 0.733. The zero-order valence-corrected chi connectivity index (χ0v) is 12.0. The molecule has 0 amide bonds. The van der Waals surface area contributed by atoms with E-state index in [1.807, 2.05) is 0 Å². The lowest BCUT2D eigenvalue weighted by molar-refractivity contribution is 0.161. The predicted molar refractivity (Wildman–Crippen MR) is 77.2 cm³/mol. The van der Waals surface area contributed by atoms with Crippen LogP contribution in [0.5, 0.6) is 0 Å². The van der Waals surface area contributed by atoms with Crippen LogP contribution in [0, 0.1) is 5.92 Å². The van der Waals surface area contributed by atoms with Gasteiger partial charge in [-0.25, -0.2) is 9.97 Å². The van der Waals surface area contributed by atoms with Crippen molar-refractivity contribution in [2.24, 2.45) is 5.92 Å². The second-order valence-corrected chi connectivity index (χ2v) is 5.87. The monoisotopic (exact) mass is 263 g/mol. The molecule has 4 heteroatoms. The molecule has 1 unspecified atom stereocenters. The van der Waals surface area contributed by atoms with E-state index in [1.54, 1.807) is 6.33 Å². The molecule has 0 aromatic carbocycles. The van der Waals surface area contributed by atoms with Gasteiger partial charge in [0.25, 0.3) is 0 Å². The van der Waals surface area contributed by atoms with Crippen molar-refractivity contribution in [3.05, 3.63) is 17.6 Å². The Morgan fingerprint density at radius 1 is 1.21 bits per heavy atom. The van der Waals surface area contributed by atoms with Crippen LogP contribution in [0.3, 0.4) is 0 Å². The highest BCUT2D eigenvalue weighted by atomic mass is 16.3. The highest BCUT2D eigenvalue weighted by Crippen LogP contribution is 2.23. The molecule has 0 spiro atoms. The van der Waals surface area contributed by atoms with E-state index in [2.05, 4.69) is 29.1 Å². The summed E-state index contributed by atoms with van der Waals surface area (Å²) in [5.74, 6) is 1.44. The van der Waals surface area contributed by atoms with Crippen molar-refractivity contribution in [2.75, 3.05) is 11.9 Å². The number of aliphatic hydroxyl groups excluding tert-OH is 1. The molecule has 1 aromatic heterocycles. The summed E-state index contributed by atoms with van der Waals surface area (Å²) in [6.45, 7) is 4.82. The Bertz CT molecular complexity index is 406. The molecular weight excluding hydrogens is 238 g/mol. The molecule has 106 valence electrons. The van der Waals surface area contributed by atoms with Gasteiger partial charge in [0.2, 0.25) is 0 Å². The first kappa shape index (κ1) is 14.3. The number of aromatic nitrogens is 2. The fourth-order valence-corrected chi connectivity index (χ4v) is 2.69. The Kier molecular flexibility index (Phi) is 5.14. The van der Waals surface area contributed by atoms with Crippen molar-refractivity contribution in [2.45, 2.75) is 58.5 Å². The molecule has 0 fully saturated rings. The molecule has 1 heterocycles. The molecule has 0 aliphatic heterocycles. The maximum atomic E-state index is 9.93. The van der Waals surface area contributed by atoms with E-state index in [0.29, 0.717) is 12.5 Å². The zero-order chi connectivity index (χ0) is 13.7. The van der Waals surface area contributed by atoms with Crippen molar-refractivity contribution >= 4 is 5.82 Å². The summed E-state index contributed by atoms with van der Waals surface area (Å²) in [7, 11) is 0. The van der Waals surface area contributed by atoms with Gasteiger partial charge in [0.15, 0.2) is 0 Å². The van der Waals surface area contributed by atoms with Gasteiger partial charge in [-0.2, -0.15) is 0 Å². The van der Waals surface area contributed by atoms with Crippen LogP contribution >= 0.6 is 0 Å². The molecule has 1 aliphatic rings. The lowest BCUT2D eigenvalue weighted by atomic mass is 10.1. The molecule has 0 radical (unpaired) electrons. The molecule has 19 heavy (non-hydrogen) atoms. The average molecular weight is 263 g/mol. The van der Waals surface area contributed by atoms with Crippen LogP contribution in [-0.2, 0) is 12.8 Å². The van der Waals surface area contributed by atoms with Gasteiger partial charge in [0.05, 0.1) is 6.10 Å².